The number of carbonyl (C=O) groups is 1. The van der Waals surface area contributed by atoms with E-state index in [0.29, 0.717) is 11.8 Å². The van der Waals surface area contributed by atoms with E-state index in [1.807, 2.05) is 16.8 Å². The van der Waals surface area contributed by atoms with Gasteiger partial charge in [-0.05, 0) is 51.4 Å². The van der Waals surface area contributed by atoms with Crippen LogP contribution in [-0.2, 0) is 9.53 Å². The van der Waals surface area contributed by atoms with E-state index < -0.39 is 0 Å². The van der Waals surface area contributed by atoms with Gasteiger partial charge >= 0.3 is 0 Å². The lowest BCUT2D eigenvalue weighted by Gasteiger charge is -2.37. The Bertz CT molecular complexity index is 975. The second-order valence-electron chi connectivity index (χ2n) is 9.17. The molecular weight excluding hydrogens is 378 g/mol. The van der Waals surface area contributed by atoms with Crippen LogP contribution in [-0.4, -0.2) is 52.9 Å². The number of hydrogen-bond acceptors (Lipinski definition) is 5. The smallest absolute Gasteiger partial charge is 0.224 e. The second-order valence-corrected chi connectivity index (χ2v) is 9.17. The van der Waals surface area contributed by atoms with Crippen molar-refractivity contribution < 1.29 is 9.53 Å². The maximum Gasteiger partial charge on any atom is 0.224 e. The molecule has 160 valence electrons. The van der Waals surface area contributed by atoms with Gasteiger partial charge in [0, 0.05) is 43.4 Å². The Labute approximate surface area is 177 Å². The third-order valence-electron chi connectivity index (χ3n) is 7.41. The van der Waals surface area contributed by atoms with E-state index in [9.17, 15) is 4.79 Å². The molecule has 4 atom stereocenters. The van der Waals surface area contributed by atoms with Crippen molar-refractivity contribution in [1.29, 1.82) is 0 Å². The minimum atomic E-state index is 0.0782. The summed E-state index contributed by atoms with van der Waals surface area (Å²) < 4.78 is 7.81. The number of allylic oxidation sites excluding steroid dienone is 2. The monoisotopic (exact) mass is 409 g/mol. The number of aromatic nitrogens is 3. The van der Waals surface area contributed by atoms with Crippen LogP contribution in [0.3, 0.4) is 0 Å². The third kappa shape index (κ3) is 3.29. The number of amides is 1. The molecule has 5 rings (SSSR count). The number of ether oxygens (including phenoxy) is 1. The number of methoxy groups -OCH3 is 1. The van der Waals surface area contributed by atoms with E-state index in [1.54, 1.807) is 7.11 Å². The van der Waals surface area contributed by atoms with Crippen LogP contribution >= 0.6 is 0 Å². The van der Waals surface area contributed by atoms with Crippen LogP contribution in [0.25, 0.3) is 5.65 Å². The van der Waals surface area contributed by atoms with E-state index in [4.69, 9.17) is 4.74 Å². The number of nitrogens with one attached hydrogen (secondary N) is 1. The fraction of sp³-hybridized carbons (Fsp3) is 0.609. The number of carbonyl (C=O) groups excluding carboxylic acids is 1. The topological polar surface area (TPSA) is 71.8 Å². The summed E-state index contributed by atoms with van der Waals surface area (Å²) in [6, 6.07) is 2.05. The zero-order chi connectivity index (χ0) is 20.8. The van der Waals surface area contributed by atoms with Crippen molar-refractivity contribution in [1.82, 2.24) is 19.9 Å². The fourth-order valence-electron chi connectivity index (χ4n) is 5.62. The standard InChI is InChI=1S/C23H31N5O2/c1-14-15(2)25-21-8-9-24-28(21)23(14)27-12-17-10-19(20(30-3)11-18(17)13-27)26-22(29)16-6-4-5-7-16/h4-5,8-9,16-20H,6-7,10-13H2,1-3H3,(H,26,29)/t17-,18+,19-,20-/m0/s1. The number of hydrogen-bond donors (Lipinski definition) is 1. The fourth-order valence-corrected chi connectivity index (χ4v) is 5.62. The molecule has 7 heteroatoms. The summed E-state index contributed by atoms with van der Waals surface area (Å²) in [5.41, 5.74) is 3.14. The van der Waals surface area contributed by atoms with Crippen LogP contribution in [0.4, 0.5) is 5.82 Å². The van der Waals surface area contributed by atoms with Crippen molar-refractivity contribution >= 4 is 17.4 Å². The van der Waals surface area contributed by atoms with Gasteiger partial charge in [-0.25, -0.2) is 4.98 Å². The molecule has 2 aliphatic carbocycles. The van der Waals surface area contributed by atoms with Crippen molar-refractivity contribution in [2.45, 2.75) is 51.7 Å². The van der Waals surface area contributed by atoms with Gasteiger partial charge in [-0.2, -0.15) is 9.61 Å². The Balaban J connectivity index is 1.35. The average Bonchev–Trinajstić information content (AvgIpc) is 3.48. The van der Waals surface area contributed by atoms with Crippen molar-refractivity contribution in [3.05, 3.63) is 35.7 Å². The van der Waals surface area contributed by atoms with E-state index in [-0.39, 0.29) is 24.0 Å². The summed E-state index contributed by atoms with van der Waals surface area (Å²) in [5.74, 6) is 2.54. The molecule has 2 aromatic rings. The highest BCUT2D eigenvalue weighted by molar-refractivity contribution is 5.79. The maximum absolute atomic E-state index is 12.7. The Hall–Kier alpha value is -2.41. The molecule has 1 N–H and O–H groups in total. The highest BCUT2D eigenvalue weighted by Gasteiger charge is 2.44. The van der Waals surface area contributed by atoms with Crippen LogP contribution in [0, 0.1) is 31.6 Å². The van der Waals surface area contributed by atoms with Gasteiger partial charge in [-0.15, -0.1) is 0 Å². The summed E-state index contributed by atoms with van der Waals surface area (Å²) in [5, 5.41) is 7.86. The van der Waals surface area contributed by atoms with Crippen molar-refractivity contribution in [3.63, 3.8) is 0 Å². The predicted octanol–water partition coefficient (Wildman–Crippen LogP) is 2.66. The molecule has 7 nitrogen and oxygen atoms in total. The van der Waals surface area contributed by atoms with Crippen LogP contribution < -0.4 is 10.2 Å². The normalized spacial score (nSPS) is 29.0. The molecule has 0 radical (unpaired) electrons. The quantitative estimate of drug-likeness (QED) is 0.786. The van der Waals surface area contributed by atoms with Gasteiger partial charge < -0.3 is 15.0 Å². The number of aryl methyl sites for hydroxylation is 1. The zero-order valence-corrected chi connectivity index (χ0v) is 18.0. The lowest BCUT2D eigenvalue weighted by molar-refractivity contribution is -0.127. The van der Waals surface area contributed by atoms with Crippen molar-refractivity contribution in [3.8, 4) is 0 Å². The molecular formula is C23H31N5O2. The van der Waals surface area contributed by atoms with E-state index in [1.165, 1.54) is 5.56 Å². The van der Waals surface area contributed by atoms with Crippen LogP contribution in [0.15, 0.2) is 24.4 Å². The van der Waals surface area contributed by atoms with Crippen LogP contribution in [0.5, 0.6) is 0 Å². The maximum atomic E-state index is 12.7. The molecule has 2 aromatic heterocycles. The molecule has 3 aliphatic rings. The first kappa shape index (κ1) is 19.5. The van der Waals surface area contributed by atoms with Gasteiger partial charge in [0.2, 0.25) is 5.91 Å². The Morgan fingerprint density at radius 3 is 2.63 bits per heavy atom. The molecule has 2 fully saturated rings. The molecule has 0 unspecified atom stereocenters. The first-order chi connectivity index (χ1) is 14.5. The van der Waals surface area contributed by atoms with Crippen LogP contribution in [0.1, 0.15) is 36.9 Å². The summed E-state index contributed by atoms with van der Waals surface area (Å²) in [6.45, 7) is 6.19. The minimum absolute atomic E-state index is 0.0782. The number of nitrogens with zero attached hydrogens (tertiary/aromatic N) is 4. The molecule has 3 heterocycles. The van der Waals surface area contributed by atoms with Gasteiger partial charge in [0.25, 0.3) is 0 Å². The summed E-state index contributed by atoms with van der Waals surface area (Å²) in [7, 11) is 1.78. The van der Waals surface area contributed by atoms with Gasteiger partial charge in [0.1, 0.15) is 5.82 Å². The lowest BCUT2D eigenvalue weighted by Crippen LogP contribution is -2.51. The first-order valence-electron chi connectivity index (χ1n) is 11.1. The zero-order valence-electron chi connectivity index (χ0n) is 18.0. The molecule has 0 aromatic carbocycles. The number of fused-ring (bicyclic) bond motifs is 2. The number of anilines is 1. The summed E-state index contributed by atoms with van der Waals surface area (Å²) in [6.07, 6.45) is 9.78. The molecule has 1 saturated heterocycles. The largest absolute Gasteiger partial charge is 0.379 e. The Morgan fingerprint density at radius 2 is 1.90 bits per heavy atom. The van der Waals surface area contributed by atoms with Crippen molar-refractivity contribution in [2.24, 2.45) is 17.8 Å². The summed E-state index contributed by atoms with van der Waals surface area (Å²) >= 11 is 0. The predicted molar refractivity (Wildman–Crippen MR) is 115 cm³/mol. The molecule has 1 amide bonds. The first-order valence-corrected chi connectivity index (χ1v) is 11.1. The molecule has 1 saturated carbocycles. The highest BCUT2D eigenvalue weighted by Crippen LogP contribution is 2.40. The lowest BCUT2D eigenvalue weighted by atomic mass is 9.77. The Kier molecular flexibility index (Phi) is 5.01. The molecule has 30 heavy (non-hydrogen) atoms. The van der Waals surface area contributed by atoms with Gasteiger partial charge in [-0.1, -0.05) is 12.2 Å². The molecule has 0 bridgehead atoms. The minimum Gasteiger partial charge on any atom is -0.379 e. The summed E-state index contributed by atoms with van der Waals surface area (Å²) in [4.78, 5) is 19.9. The third-order valence-corrected chi connectivity index (χ3v) is 7.41. The van der Waals surface area contributed by atoms with Gasteiger partial charge in [-0.3, -0.25) is 4.79 Å². The van der Waals surface area contributed by atoms with Crippen LogP contribution in [0.2, 0.25) is 0 Å². The number of rotatable bonds is 4. The van der Waals surface area contributed by atoms with Gasteiger partial charge in [0.05, 0.1) is 18.3 Å². The van der Waals surface area contributed by atoms with E-state index in [0.717, 1.165) is 55.9 Å². The molecule has 1 aliphatic heterocycles. The Morgan fingerprint density at radius 1 is 1.17 bits per heavy atom. The average molecular weight is 410 g/mol. The van der Waals surface area contributed by atoms with E-state index in [2.05, 4.69) is 46.3 Å². The second kappa shape index (κ2) is 7.69. The highest BCUT2D eigenvalue weighted by atomic mass is 16.5. The molecule has 0 spiro atoms. The SMILES string of the molecule is CO[C@H]1C[C@@H]2CN(c3c(C)c(C)nc4ccnn34)C[C@@H]2C[C@@H]1NC(=O)C1CC=CC1. The van der Waals surface area contributed by atoms with E-state index >= 15 is 0 Å². The van der Waals surface area contributed by atoms with Gasteiger partial charge in [0.15, 0.2) is 5.65 Å². The van der Waals surface area contributed by atoms with Crippen molar-refractivity contribution in [2.75, 3.05) is 25.1 Å².